The molecule has 0 atom stereocenters. The number of amides is 1. The average Bonchev–Trinajstić information content (AvgIpc) is 2.74. The third-order valence-electron chi connectivity index (χ3n) is 1.98. The monoisotopic (exact) mass is 236 g/mol. The Morgan fingerprint density at radius 2 is 2.06 bits per heavy atom. The molecule has 0 aliphatic rings. The molecule has 0 radical (unpaired) electrons. The molecule has 1 heterocycles. The van der Waals surface area contributed by atoms with Crippen LogP contribution in [0, 0.1) is 0 Å². The molecule has 2 rings (SSSR count). The van der Waals surface area contributed by atoms with Crippen molar-refractivity contribution in [3.63, 3.8) is 0 Å². The fraction of sp³-hybridized carbons (Fsp3) is 0.0909. The molecule has 0 saturated carbocycles. The van der Waals surface area contributed by atoms with Crippen LogP contribution >= 0.6 is 11.6 Å². The normalized spacial score (nSPS) is 10.1. The van der Waals surface area contributed by atoms with Gasteiger partial charge < -0.3 is 4.52 Å². The highest BCUT2D eigenvalue weighted by Gasteiger charge is 2.05. The number of rotatable bonds is 3. The van der Waals surface area contributed by atoms with Crippen molar-refractivity contribution in [2.75, 3.05) is 5.32 Å². The second kappa shape index (κ2) is 4.81. The van der Waals surface area contributed by atoms with Crippen molar-refractivity contribution >= 4 is 23.4 Å². The minimum Gasteiger partial charge on any atom is -0.338 e. The first-order valence-corrected chi connectivity index (χ1v) is 5.07. The molecule has 5 heteroatoms. The van der Waals surface area contributed by atoms with E-state index in [0.717, 1.165) is 5.56 Å². The molecule has 0 spiro atoms. The van der Waals surface area contributed by atoms with Gasteiger partial charge >= 0.3 is 0 Å². The van der Waals surface area contributed by atoms with Crippen LogP contribution in [-0.2, 0) is 11.2 Å². The number of aromatic nitrogens is 1. The lowest BCUT2D eigenvalue weighted by molar-refractivity contribution is -0.115. The van der Waals surface area contributed by atoms with E-state index in [9.17, 15) is 4.79 Å². The number of carbonyl (C=O) groups excluding carboxylic acids is 1. The zero-order valence-corrected chi connectivity index (χ0v) is 9.07. The summed E-state index contributed by atoms with van der Waals surface area (Å²) in [5, 5.41) is 6.72. The van der Waals surface area contributed by atoms with E-state index in [1.807, 2.05) is 12.1 Å². The smallest absolute Gasteiger partial charge is 0.231 e. The molecule has 82 valence electrons. The number of benzene rings is 1. The van der Waals surface area contributed by atoms with Crippen LogP contribution in [0.5, 0.6) is 0 Å². The Kier molecular flexibility index (Phi) is 3.22. The van der Waals surface area contributed by atoms with Crippen molar-refractivity contribution in [1.82, 2.24) is 5.16 Å². The van der Waals surface area contributed by atoms with E-state index in [0.29, 0.717) is 10.9 Å². The van der Waals surface area contributed by atoms with Gasteiger partial charge in [0, 0.05) is 11.1 Å². The SMILES string of the molecule is O=C(Cc1ccc(Cl)cc1)Nc1ccno1. The van der Waals surface area contributed by atoms with Crippen LogP contribution in [0.3, 0.4) is 0 Å². The molecule has 0 saturated heterocycles. The maximum Gasteiger partial charge on any atom is 0.231 e. The zero-order chi connectivity index (χ0) is 11.4. The Labute approximate surface area is 97.2 Å². The van der Waals surface area contributed by atoms with Crippen molar-refractivity contribution in [1.29, 1.82) is 0 Å². The van der Waals surface area contributed by atoms with Crippen LogP contribution in [0.1, 0.15) is 5.56 Å². The molecule has 0 fully saturated rings. The highest BCUT2D eigenvalue weighted by molar-refractivity contribution is 6.30. The molecule has 0 aliphatic carbocycles. The maximum atomic E-state index is 11.5. The Hall–Kier alpha value is -1.81. The molecule has 1 aromatic carbocycles. The number of carbonyl (C=O) groups is 1. The van der Waals surface area contributed by atoms with Crippen molar-refractivity contribution in [2.45, 2.75) is 6.42 Å². The number of anilines is 1. The van der Waals surface area contributed by atoms with Crippen LogP contribution in [-0.4, -0.2) is 11.1 Å². The minimum atomic E-state index is -0.154. The van der Waals surface area contributed by atoms with Crippen molar-refractivity contribution in [3.05, 3.63) is 47.1 Å². The van der Waals surface area contributed by atoms with Gasteiger partial charge in [0.15, 0.2) is 0 Å². The van der Waals surface area contributed by atoms with Gasteiger partial charge in [-0.05, 0) is 17.7 Å². The molecular formula is C11H9ClN2O2. The lowest BCUT2D eigenvalue weighted by Crippen LogP contribution is -2.13. The Bertz CT molecular complexity index is 465. The second-order valence-electron chi connectivity index (χ2n) is 3.23. The highest BCUT2D eigenvalue weighted by Crippen LogP contribution is 2.11. The fourth-order valence-electron chi connectivity index (χ4n) is 1.25. The van der Waals surface area contributed by atoms with E-state index < -0.39 is 0 Å². The van der Waals surface area contributed by atoms with Gasteiger partial charge in [-0.25, -0.2) is 0 Å². The predicted molar refractivity (Wildman–Crippen MR) is 60.3 cm³/mol. The molecule has 2 aromatic rings. The molecule has 1 amide bonds. The van der Waals surface area contributed by atoms with Crippen LogP contribution in [0.15, 0.2) is 41.1 Å². The maximum absolute atomic E-state index is 11.5. The van der Waals surface area contributed by atoms with Gasteiger partial charge in [0.25, 0.3) is 0 Å². The predicted octanol–water partition coefficient (Wildman–Crippen LogP) is 2.51. The van der Waals surface area contributed by atoms with Gasteiger partial charge in [-0.15, -0.1) is 0 Å². The van der Waals surface area contributed by atoms with Crippen LogP contribution < -0.4 is 5.32 Å². The first kappa shape index (κ1) is 10.7. The third-order valence-corrected chi connectivity index (χ3v) is 2.23. The summed E-state index contributed by atoms with van der Waals surface area (Å²) in [7, 11) is 0. The van der Waals surface area contributed by atoms with Crippen LogP contribution in [0.4, 0.5) is 5.88 Å². The van der Waals surface area contributed by atoms with Gasteiger partial charge in [-0.3, -0.25) is 10.1 Å². The molecular weight excluding hydrogens is 228 g/mol. The summed E-state index contributed by atoms with van der Waals surface area (Å²) in [4.78, 5) is 11.5. The van der Waals surface area contributed by atoms with E-state index in [2.05, 4.69) is 10.5 Å². The number of nitrogens with one attached hydrogen (secondary N) is 1. The highest BCUT2D eigenvalue weighted by atomic mass is 35.5. The third kappa shape index (κ3) is 2.84. The standard InChI is InChI=1S/C11H9ClN2O2/c12-9-3-1-8(2-4-9)7-10(15)14-11-5-6-13-16-11/h1-6H,7H2,(H,14,15). The summed E-state index contributed by atoms with van der Waals surface area (Å²) in [5.74, 6) is 0.193. The van der Waals surface area contributed by atoms with Gasteiger partial charge in [0.2, 0.25) is 11.8 Å². The van der Waals surface area contributed by atoms with Gasteiger partial charge in [-0.1, -0.05) is 28.9 Å². The van der Waals surface area contributed by atoms with Gasteiger partial charge in [-0.2, -0.15) is 0 Å². The molecule has 4 nitrogen and oxygen atoms in total. The topological polar surface area (TPSA) is 55.1 Å². The van der Waals surface area contributed by atoms with E-state index in [1.54, 1.807) is 18.2 Å². The van der Waals surface area contributed by atoms with Crippen LogP contribution in [0.2, 0.25) is 5.02 Å². The quantitative estimate of drug-likeness (QED) is 0.891. The largest absolute Gasteiger partial charge is 0.338 e. The molecule has 0 unspecified atom stereocenters. The van der Waals surface area contributed by atoms with Gasteiger partial charge in [0.1, 0.15) is 0 Å². The van der Waals surface area contributed by atoms with Crippen LogP contribution in [0.25, 0.3) is 0 Å². The van der Waals surface area contributed by atoms with E-state index in [4.69, 9.17) is 16.1 Å². The molecule has 16 heavy (non-hydrogen) atoms. The zero-order valence-electron chi connectivity index (χ0n) is 8.31. The summed E-state index contributed by atoms with van der Waals surface area (Å²) in [6.45, 7) is 0. The summed E-state index contributed by atoms with van der Waals surface area (Å²) in [5.41, 5.74) is 0.890. The summed E-state index contributed by atoms with van der Waals surface area (Å²) in [6, 6.07) is 8.70. The Balaban J connectivity index is 1.95. The number of hydrogen-bond acceptors (Lipinski definition) is 3. The van der Waals surface area contributed by atoms with Crippen molar-refractivity contribution in [2.24, 2.45) is 0 Å². The Morgan fingerprint density at radius 1 is 1.31 bits per heavy atom. The number of nitrogens with zero attached hydrogens (tertiary/aromatic N) is 1. The fourth-order valence-corrected chi connectivity index (χ4v) is 1.38. The first-order valence-electron chi connectivity index (χ1n) is 4.69. The Morgan fingerprint density at radius 3 is 2.69 bits per heavy atom. The van der Waals surface area contributed by atoms with Gasteiger partial charge in [0.05, 0.1) is 12.6 Å². The minimum absolute atomic E-state index is 0.154. The van der Waals surface area contributed by atoms with Crippen molar-refractivity contribution < 1.29 is 9.32 Å². The molecule has 1 aromatic heterocycles. The molecule has 0 aliphatic heterocycles. The first-order chi connectivity index (χ1) is 7.74. The van der Waals surface area contributed by atoms with E-state index >= 15 is 0 Å². The average molecular weight is 237 g/mol. The summed E-state index contributed by atoms with van der Waals surface area (Å²) in [6.07, 6.45) is 1.75. The lowest BCUT2D eigenvalue weighted by Gasteiger charge is -2.01. The van der Waals surface area contributed by atoms with Crippen molar-refractivity contribution in [3.8, 4) is 0 Å². The van der Waals surface area contributed by atoms with E-state index in [-0.39, 0.29) is 12.3 Å². The molecule has 1 N–H and O–H groups in total. The second-order valence-corrected chi connectivity index (χ2v) is 3.66. The number of hydrogen-bond donors (Lipinski definition) is 1. The summed E-state index contributed by atoms with van der Waals surface area (Å²) >= 11 is 5.74. The lowest BCUT2D eigenvalue weighted by atomic mass is 10.1. The summed E-state index contributed by atoms with van der Waals surface area (Å²) < 4.78 is 4.76. The van der Waals surface area contributed by atoms with E-state index in [1.165, 1.54) is 6.20 Å². The number of halogens is 1. The molecule has 0 bridgehead atoms.